The molecule has 0 radical (unpaired) electrons. The summed E-state index contributed by atoms with van der Waals surface area (Å²) in [6.45, 7) is 2.02. The summed E-state index contributed by atoms with van der Waals surface area (Å²) >= 11 is 0. The number of nitrogens with zero attached hydrogens (tertiary/aromatic N) is 2. The topological polar surface area (TPSA) is 93.4 Å². The summed E-state index contributed by atoms with van der Waals surface area (Å²) in [6.07, 6.45) is 2.33. The Kier molecular flexibility index (Phi) is 4.54. The van der Waals surface area contributed by atoms with E-state index in [9.17, 15) is 14.7 Å². The van der Waals surface area contributed by atoms with Crippen molar-refractivity contribution in [3.8, 4) is 6.07 Å². The van der Waals surface area contributed by atoms with E-state index < -0.39 is 11.4 Å². The zero-order valence-electron chi connectivity index (χ0n) is 10.8. The third-order valence-electron chi connectivity index (χ3n) is 3.65. The Morgan fingerprint density at radius 1 is 1.61 bits per heavy atom. The molecule has 0 saturated heterocycles. The maximum Gasteiger partial charge on any atom is 0.317 e. The number of carbonyl (C=O) groups excluding carboxylic acids is 1. The molecule has 0 aromatic rings. The predicted octanol–water partition coefficient (Wildman–Crippen LogP) is 1.18. The average Bonchev–Trinajstić information content (AvgIpc) is 2.69. The number of amides is 2. The van der Waals surface area contributed by atoms with Crippen molar-refractivity contribution in [2.75, 3.05) is 13.6 Å². The number of nitrogens with one attached hydrogen (secondary N) is 1. The highest BCUT2D eigenvalue weighted by molar-refractivity contribution is 5.79. The second-order valence-electron chi connectivity index (χ2n) is 4.95. The third-order valence-corrected chi connectivity index (χ3v) is 3.65. The zero-order chi connectivity index (χ0) is 13.8. The number of urea groups is 1. The van der Waals surface area contributed by atoms with E-state index in [0.717, 1.165) is 6.42 Å². The smallest absolute Gasteiger partial charge is 0.317 e. The number of aliphatic carboxylic acids is 1. The minimum Gasteiger partial charge on any atom is -0.481 e. The van der Waals surface area contributed by atoms with E-state index in [1.807, 2.05) is 6.07 Å². The molecule has 2 amide bonds. The first kappa shape index (κ1) is 14.3. The first-order chi connectivity index (χ1) is 8.41. The van der Waals surface area contributed by atoms with Gasteiger partial charge in [-0.05, 0) is 19.8 Å². The molecule has 0 bridgehead atoms. The molecule has 6 heteroatoms. The molecule has 1 fully saturated rings. The number of nitriles is 1. The van der Waals surface area contributed by atoms with Gasteiger partial charge < -0.3 is 15.3 Å². The Morgan fingerprint density at radius 2 is 2.28 bits per heavy atom. The molecule has 6 nitrogen and oxygen atoms in total. The second kappa shape index (κ2) is 5.71. The summed E-state index contributed by atoms with van der Waals surface area (Å²) in [5, 5.41) is 20.4. The lowest BCUT2D eigenvalue weighted by Gasteiger charge is -2.29. The largest absolute Gasteiger partial charge is 0.481 e. The third kappa shape index (κ3) is 2.92. The molecule has 0 heterocycles. The van der Waals surface area contributed by atoms with Crippen molar-refractivity contribution in [3.63, 3.8) is 0 Å². The molecule has 1 aliphatic carbocycles. The van der Waals surface area contributed by atoms with Gasteiger partial charge in [0.25, 0.3) is 0 Å². The van der Waals surface area contributed by atoms with Crippen LogP contribution in [0.15, 0.2) is 0 Å². The van der Waals surface area contributed by atoms with E-state index in [4.69, 9.17) is 5.26 Å². The van der Waals surface area contributed by atoms with Crippen LogP contribution in [0.2, 0.25) is 0 Å². The van der Waals surface area contributed by atoms with E-state index >= 15 is 0 Å². The fourth-order valence-corrected chi connectivity index (χ4v) is 2.23. The molecule has 1 aliphatic rings. The van der Waals surface area contributed by atoms with Crippen LogP contribution in [0.3, 0.4) is 0 Å². The average molecular weight is 253 g/mol. The summed E-state index contributed by atoms with van der Waals surface area (Å²) in [5.41, 5.74) is -0.883. The lowest BCUT2D eigenvalue weighted by molar-refractivity contribution is -0.148. The lowest BCUT2D eigenvalue weighted by Crippen LogP contribution is -2.50. The summed E-state index contributed by atoms with van der Waals surface area (Å²) < 4.78 is 0. The number of carboxylic acids is 1. The number of rotatable bonds is 4. The van der Waals surface area contributed by atoms with Crippen LogP contribution >= 0.6 is 0 Å². The van der Waals surface area contributed by atoms with Crippen molar-refractivity contribution in [3.05, 3.63) is 0 Å². The highest BCUT2D eigenvalue weighted by Crippen LogP contribution is 2.38. The van der Waals surface area contributed by atoms with Crippen LogP contribution in [-0.4, -0.2) is 41.6 Å². The van der Waals surface area contributed by atoms with Crippen molar-refractivity contribution < 1.29 is 14.7 Å². The fourth-order valence-electron chi connectivity index (χ4n) is 2.23. The van der Waals surface area contributed by atoms with Gasteiger partial charge in [-0.1, -0.05) is 6.42 Å². The van der Waals surface area contributed by atoms with Crippen LogP contribution in [0.1, 0.15) is 32.6 Å². The number of carbonyl (C=O) groups is 2. The summed E-state index contributed by atoms with van der Waals surface area (Å²) in [5.74, 6) is -0.870. The monoisotopic (exact) mass is 253 g/mol. The van der Waals surface area contributed by atoms with Crippen molar-refractivity contribution in [1.82, 2.24) is 10.2 Å². The maximum absolute atomic E-state index is 11.8. The van der Waals surface area contributed by atoms with Gasteiger partial charge in [0.1, 0.15) is 0 Å². The van der Waals surface area contributed by atoms with Crippen LogP contribution in [-0.2, 0) is 4.79 Å². The molecule has 1 rings (SSSR count). The van der Waals surface area contributed by atoms with Crippen LogP contribution in [0.25, 0.3) is 0 Å². The SMILES string of the molecule is CN(CCC#N)C(=O)NC1CCCC1(C)C(=O)O. The summed E-state index contributed by atoms with van der Waals surface area (Å²) in [4.78, 5) is 24.5. The molecule has 2 unspecified atom stereocenters. The highest BCUT2D eigenvalue weighted by Gasteiger charge is 2.46. The molecule has 18 heavy (non-hydrogen) atoms. The molecule has 0 spiro atoms. The normalized spacial score (nSPS) is 26.4. The molecule has 2 atom stereocenters. The Balaban J connectivity index is 2.59. The van der Waals surface area contributed by atoms with Crippen molar-refractivity contribution in [2.45, 2.75) is 38.6 Å². The van der Waals surface area contributed by atoms with Gasteiger partial charge in [-0.15, -0.1) is 0 Å². The molecule has 1 saturated carbocycles. The molecule has 100 valence electrons. The molecular formula is C12H19N3O3. The molecule has 2 N–H and O–H groups in total. The standard InChI is InChI=1S/C12H19N3O3/c1-12(10(16)17)6-3-5-9(12)14-11(18)15(2)8-4-7-13/h9H,3-6,8H2,1-2H3,(H,14,18)(H,16,17). The Hall–Kier alpha value is -1.77. The first-order valence-corrected chi connectivity index (χ1v) is 6.04. The van der Waals surface area contributed by atoms with Crippen LogP contribution in [0, 0.1) is 16.7 Å². The lowest BCUT2D eigenvalue weighted by atomic mass is 9.85. The summed E-state index contributed by atoms with van der Waals surface area (Å²) in [7, 11) is 1.60. The molecule has 0 aromatic carbocycles. The van der Waals surface area contributed by atoms with E-state index in [-0.39, 0.29) is 18.5 Å². The molecule has 0 aromatic heterocycles. The van der Waals surface area contributed by atoms with E-state index in [2.05, 4.69) is 5.32 Å². The molecule has 0 aliphatic heterocycles. The van der Waals surface area contributed by atoms with E-state index in [0.29, 0.717) is 19.4 Å². The van der Waals surface area contributed by atoms with Crippen molar-refractivity contribution in [1.29, 1.82) is 5.26 Å². The minimum atomic E-state index is -0.883. The van der Waals surface area contributed by atoms with Gasteiger partial charge in [0.05, 0.1) is 17.9 Å². The van der Waals surface area contributed by atoms with Crippen LogP contribution in [0.5, 0.6) is 0 Å². The Bertz CT molecular complexity index is 377. The number of hydrogen-bond acceptors (Lipinski definition) is 3. The zero-order valence-corrected chi connectivity index (χ0v) is 10.8. The van der Waals surface area contributed by atoms with Gasteiger partial charge in [0, 0.05) is 19.6 Å². The Morgan fingerprint density at radius 3 is 2.83 bits per heavy atom. The van der Waals surface area contributed by atoms with Gasteiger partial charge in [0.15, 0.2) is 0 Å². The van der Waals surface area contributed by atoms with Gasteiger partial charge in [-0.2, -0.15) is 5.26 Å². The van der Waals surface area contributed by atoms with Crippen LogP contribution < -0.4 is 5.32 Å². The predicted molar refractivity (Wildman–Crippen MR) is 64.8 cm³/mol. The maximum atomic E-state index is 11.8. The van der Waals surface area contributed by atoms with Crippen LogP contribution in [0.4, 0.5) is 4.79 Å². The van der Waals surface area contributed by atoms with Gasteiger partial charge in [-0.25, -0.2) is 4.79 Å². The van der Waals surface area contributed by atoms with E-state index in [1.165, 1.54) is 4.90 Å². The number of hydrogen-bond donors (Lipinski definition) is 2. The summed E-state index contributed by atoms with van der Waals surface area (Å²) in [6, 6.07) is 1.31. The van der Waals surface area contributed by atoms with Crippen molar-refractivity contribution in [2.24, 2.45) is 5.41 Å². The van der Waals surface area contributed by atoms with Gasteiger partial charge in [-0.3, -0.25) is 4.79 Å². The fraction of sp³-hybridized carbons (Fsp3) is 0.750. The first-order valence-electron chi connectivity index (χ1n) is 6.04. The number of carboxylic acid groups (broad SMARTS) is 1. The quantitative estimate of drug-likeness (QED) is 0.786. The van der Waals surface area contributed by atoms with Gasteiger partial charge >= 0.3 is 12.0 Å². The van der Waals surface area contributed by atoms with Gasteiger partial charge in [0.2, 0.25) is 0 Å². The highest BCUT2D eigenvalue weighted by atomic mass is 16.4. The second-order valence-corrected chi connectivity index (χ2v) is 4.95. The Labute approximate surface area is 107 Å². The minimum absolute atomic E-state index is 0.269. The van der Waals surface area contributed by atoms with E-state index in [1.54, 1.807) is 14.0 Å². The molecular weight excluding hydrogens is 234 g/mol. The van der Waals surface area contributed by atoms with Crippen molar-refractivity contribution >= 4 is 12.0 Å².